The second-order valence-electron chi connectivity index (χ2n) is 4.67. The predicted octanol–water partition coefficient (Wildman–Crippen LogP) is 2.75. The monoisotopic (exact) mass is 325 g/mol. The van der Waals surface area contributed by atoms with Crippen molar-refractivity contribution >= 4 is 27.2 Å². The smallest absolute Gasteiger partial charge is 0.264 e. The molecule has 0 spiro atoms. The molecule has 0 saturated heterocycles. The Hall–Kier alpha value is -1.44. The van der Waals surface area contributed by atoms with Gasteiger partial charge in [-0.2, -0.15) is 0 Å². The molecule has 0 saturated carbocycles. The highest BCUT2D eigenvalue weighted by Crippen LogP contribution is 2.28. The number of pyridine rings is 1. The quantitative estimate of drug-likeness (QED) is 0.768. The van der Waals surface area contributed by atoms with Gasteiger partial charge in [-0.15, -0.1) is 11.3 Å². The summed E-state index contributed by atoms with van der Waals surface area (Å²) in [6.07, 6.45) is 2.57. The zero-order chi connectivity index (χ0) is 15.3. The lowest BCUT2D eigenvalue weighted by molar-refractivity contribution is 0.598. The van der Waals surface area contributed by atoms with Gasteiger partial charge in [-0.25, -0.2) is 13.4 Å². The summed E-state index contributed by atoms with van der Waals surface area (Å²) < 4.78 is 27.7. The van der Waals surface area contributed by atoms with E-state index in [1.54, 1.807) is 24.4 Å². The average molecular weight is 325 g/mol. The van der Waals surface area contributed by atoms with Crippen LogP contribution in [0.5, 0.6) is 0 Å². The van der Waals surface area contributed by atoms with Gasteiger partial charge in [0.05, 0.1) is 0 Å². The number of aromatic nitrogens is 1. The van der Waals surface area contributed by atoms with Gasteiger partial charge in [-0.1, -0.05) is 13.0 Å². The molecule has 114 valence electrons. The van der Waals surface area contributed by atoms with Crippen LogP contribution in [-0.2, 0) is 16.6 Å². The lowest BCUT2D eigenvalue weighted by Crippen LogP contribution is -2.19. The Morgan fingerprint density at radius 2 is 2.14 bits per heavy atom. The van der Waals surface area contributed by atoms with E-state index in [0.29, 0.717) is 17.3 Å². The molecule has 2 heterocycles. The lowest BCUT2D eigenvalue weighted by atomic mass is 10.3. The van der Waals surface area contributed by atoms with Gasteiger partial charge in [0.25, 0.3) is 10.0 Å². The Labute approximate surface area is 129 Å². The summed E-state index contributed by atoms with van der Waals surface area (Å²) in [5.41, 5.74) is 0.761. The Bertz CT molecular complexity index is 681. The van der Waals surface area contributed by atoms with Crippen molar-refractivity contribution in [3.63, 3.8) is 0 Å². The fourth-order valence-corrected chi connectivity index (χ4v) is 4.75. The van der Waals surface area contributed by atoms with E-state index < -0.39 is 10.0 Å². The van der Waals surface area contributed by atoms with Crippen molar-refractivity contribution in [2.75, 3.05) is 11.3 Å². The van der Waals surface area contributed by atoms with E-state index >= 15 is 0 Å². The van der Waals surface area contributed by atoms with Crippen LogP contribution in [-0.4, -0.2) is 19.9 Å². The Morgan fingerprint density at radius 3 is 2.81 bits per heavy atom. The molecule has 21 heavy (non-hydrogen) atoms. The lowest BCUT2D eigenvalue weighted by Gasteiger charge is -2.10. The number of thiophene rings is 1. The fourth-order valence-electron chi connectivity index (χ4n) is 1.96. The van der Waals surface area contributed by atoms with Crippen LogP contribution in [0, 0.1) is 6.92 Å². The molecule has 0 fully saturated rings. The SMILES string of the molecule is CCCNCc1scc(C)c1S(=O)(=O)Nc1ccccn1. The standard InChI is InChI=1S/C14H19N3O2S2/c1-3-7-15-9-12-14(11(2)10-20-12)21(18,19)17-13-6-4-5-8-16-13/h4-6,8,10,15H,3,7,9H2,1-2H3,(H,16,17). The van der Waals surface area contributed by atoms with Crippen LogP contribution in [0.3, 0.4) is 0 Å². The Balaban J connectivity index is 2.25. The summed E-state index contributed by atoms with van der Waals surface area (Å²) in [4.78, 5) is 5.19. The molecule has 7 heteroatoms. The van der Waals surface area contributed by atoms with Gasteiger partial charge in [0, 0.05) is 17.6 Å². The van der Waals surface area contributed by atoms with Crippen molar-refractivity contribution in [1.29, 1.82) is 0 Å². The minimum absolute atomic E-state index is 0.329. The minimum Gasteiger partial charge on any atom is -0.312 e. The summed E-state index contributed by atoms with van der Waals surface area (Å²) >= 11 is 1.46. The molecule has 0 aromatic carbocycles. The van der Waals surface area contributed by atoms with Crippen LogP contribution in [0.4, 0.5) is 5.82 Å². The topological polar surface area (TPSA) is 71.1 Å². The van der Waals surface area contributed by atoms with Crippen molar-refractivity contribution in [2.45, 2.75) is 31.7 Å². The third kappa shape index (κ3) is 4.03. The van der Waals surface area contributed by atoms with E-state index in [-0.39, 0.29) is 0 Å². The third-order valence-corrected chi connectivity index (χ3v) is 5.69. The highest BCUT2D eigenvalue weighted by atomic mass is 32.2. The zero-order valence-corrected chi connectivity index (χ0v) is 13.7. The van der Waals surface area contributed by atoms with Crippen molar-refractivity contribution in [3.8, 4) is 0 Å². The van der Waals surface area contributed by atoms with Gasteiger partial charge in [0.1, 0.15) is 10.7 Å². The molecule has 0 atom stereocenters. The summed E-state index contributed by atoms with van der Waals surface area (Å²) in [7, 11) is -3.61. The van der Waals surface area contributed by atoms with Crippen LogP contribution in [0.15, 0.2) is 34.7 Å². The first kappa shape index (κ1) is 15.9. The number of nitrogens with one attached hydrogen (secondary N) is 2. The number of anilines is 1. The van der Waals surface area contributed by atoms with E-state index in [1.165, 1.54) is 11.3 Å². The van der Waals surface area contributed by atoms with E-state index in [0.717, 1.165) is 23.4 Å². The first-order valence-corrected chi connectivity index (χ1v) is 9.12. The maximum atomic E-state index is 12.6. The maximum Gasteiger partial charge on any atom is 0.264 e. The molecule has 2 aromatic heterocycles. The largest absolute Gasteiger partial charge is 0.312 e. The summed E-state index contributed by atoms with van der Waals surface area (Å²) in [6, 6.07) is 5.12. The molecule has 0 aliphatic rings. The van der Waals surface area contributed by atoms with Crippen molar-refractivity contribution in [3.05, 3.63) is 40.2 Å². The van der Waals surface area contributed by atoms with E-state index in [4.69, 9.17) is 0 Å². The van der Waals surface area contributed by atoms with Gasteiger partial charge in [0.15, 0.2) is 0 Å². The molecule has 0 radical (unpaired) electrons. The number of hydrogen-bond acceptors (Lipinski definition) is 5. The minimum atomic E-state index is -3.61. The highest BCUT2D eigenvalue weighted by Gasteiger charge is 2.23. The normalized spacial score (nSPS) is 11.5. The molecule has 2 aromatic rings. The molecule has 5 nitrogen and oxygen atoms in total. The van der Waals surface area contributed by atoms with Gasteiger partial charge in [-0.3, -0.25) is 4.72 Å². The molecule has 2 N–H and O–H groups in total. The highest BCUT2D eigenvalue weighted by molar-refractivity contribution is 7.93. The first-order chi connectivity index (χ1) is 10.0. The van der Waals surface area contributed by atoms with E-state index in [1.807, 2.05) is 12.3 Å². The Morgan fingerprint density at radius 1 is 1.33 bits per heavy atom. The van der Waals surface area contributed by atoms with Crippen LogP contribution < -0.4 is 10.0 Å². The molecular weight excluding hydrogens is 306 g/mol. The predicted molar refractivity (Wildman–Crippen MR) is 86.1 cm³/mol. The number of sulfonamides is 1. The number of aryl methyl sites for hydroxylation is 1. The van der Waals surface area contributed by atoms with Crippen molar-refractivity contribution < 1.29 is 8.42 Å². The first-order valence-electron chi connectivity index (χ1n) is 6.76. The van der Waals surface area contributed by atoms with Crippen molar-refractivity contribution in [1.82, 2.24) is 10.3 Å². The maximum absolute atomic E-state index is 12.6. The van der Waals surface area contributed by atoms with Crippen LogP contribution in [0.1, 0.15) is 23.8 Å². The number of hydrogen-bond donors (Lipinski definition) is 2. The van der Waals surface area contributed by atoms with Gasteiger partial charge in [0.2, 0.25) is 0 Å². The Kier molecular flexibility index (Phi) is 5.33. The average Bonchev–Trinajstić information content (AvgIpc) is 2.82. The zero-order valence-electron chi connectivity index (χ0n) is 12.1. The van der Waals surface area contributed by atoms with Gasteiger partial charge >= 0.3 is 0 Å². The van der Waals surface area contributed by atoms with Gasteiger partial charge < -0.3 is 5.32 Å². The van der Waals surface area contributed by atoms with Crippen LogP contribution >= 0.6 is 11.3 Å². The van der Waals surface area contributed by atoms with Crippen LogP contribution in [0.2, 0.25) is 0 Å². The summed E-state index contributed by atoms with van der Waals surface area (Å²) in [5.74, 6) is 0.329. The van der Waals surface area contributed by atoms with E-state index in [2.05, 4.69) is 21.9 Å². The molecular formula is C14H19N3O2S2. The fraction of sp³-hybridized carbons (Fsp3) is 0.357. The molecule has 0 unspecified atom stereocenters. The van der Waals surface area contributed by atoms with Crippen molar-refractivity contribution in [2.24, 2.45) is 0 Å². The number of rotatable bonds is 7. The van der Waals surface area contributed by atoms with E-state index in [9.17, 15) is 8.42 Å². The number of nitrogens with zero attached hydrogens (tertiary/aromatic N) is 1. The second-order valence-corrected chi connectivity index (χ2v) is 7.25. The summed E-state index contributed by atoms with van der Waals surface area (Å²) in [5, 5.41) is 5.11. The van der Waals surface area contributed by atoms with Gasteiger partial charge in [-0.05, 0) is 43.0 Å². The molecule has 0 aliphatic heterocycles. The third-order valence-electron chi connectivity index (χ3n) is 2.87. The summed E-state index contributed by atoms with van der Waals surface area (Å²) in [6.45, 7) is 5.31. The molecule has 0 bridgehead atoms. The second kappa shape index (κ2) is 7.02. The van der Waals surface area contributed by atoms with Crippen LogP contribution in [0.25, 0.3) is 0 Å². The molecule has 0 aliphatic carbocycles. The molecule has 0 amide bonds. The molecule has 2 rings (SSSR count).